The molecule has 0 saturated carbocycles. The molecule has 1 aliphatic heterocycles. The summed E-state index contributed by atoms with van der Waals surface area (Å²) in [5.41, 5.74) is -0.212. The molecule has 0 unspecified atom stereocenters. The van der Waals surface area contributed by atoms with E-state index in [1.165, 1.54) is 32.1 Å². The van der Waals surface area contributed by atoms with Gasteiger partial charge in [0.15, 0.2) is 0 Å². The van der Waals surface area contributed by atoms with E-state index in [2.05, 4.69) is 11.8 Å². The quantitative estimate of drug-likeness (QED) is 0.720. The van der Waals surface area contributed by atoms with E-state index < -0.39 is 0 Å². The topological polar surface area (TPSA) is 20.3 Å². The van der Waals surface area contributed by atoms with E-state index in [1.807, 2.05) is 20.8 Å². The smallest absolute Gasteiger partial charge is 0.227 e. The highest BCUT2D eigenvalue weighted by atomic mass is 16.2. The number of rotatable bonds is 3. The number of unbranched alkanes of at least 4 members (excludes halogenated alkanes) is 1. The van der Waals surface area contributed by atoms with Crippen molar-refractivity contribution < 1.29 is 4.79 Å². The lowest BCUT2D eigenvalue weighted by molar-refractivity contribution is -0.140. The Hall–Kier alpha value is -0.530. The first kappa shape index (κ1) is 13.5. The van der Waals surface area contributed by atoms with Gasteiger partial charge in [-0.3, -0.25) is 4.79 Å². The van der Waals surface area contributed by atoms with Crippen molar-refractivity contribution in [3.63, 3.8) is 0 Å². The molecule has 0 radical (unpaired) electrons. The van der Waals surface area contributed by atoms with Crippen LogP contribution in [0.4, 0.5) is 0 Å². The molecule has 1 aliphatic rings. The van der Waals surface area contributed by atoms with Crippen molar-refractivity contribution in [2.75, 3.05) is 13.1 Å². The van der Waals surface area contributed by atoms with Crippen LogP contribution in [0.3, 0.4) is 0 Å². The molecule has 0 atom stereocenters. The van der Waals surface area contributed by atoms with E-state index in [4.69, 9.17) is 0 Å². The summed E-state index contributed by atoms with van der Waals surface area (Å²) in [7, 11) is 0. The van der Waals surface area contributed by atoms with Gasteiger partial charge in [-0.1, -0.05) is 47.0 Å². The fraction of sp³-hybridized carbons (Fsp3) is 0.929. The number of hydrogen-bond acceptors (Lipinski definition) is 1. The Morgan fingerprint density at radius 3 is 2.25 bits per heavy atom. The molecule has 0 aromatic heterocycles. The second-order valence-corrected chi connectivity index (χ2v) is 6.13. The highest BCUT2D eigenvalue weighted by Crippen LogP contribution is 2.26. The van der Waals surface area contributed by atoms with Crippen molar-refractivity contribution >= 4 is 5.91 Å². The average molecular weight is 225 g/mol. The zero-order valence-corrected chi connectivity index (χ0v) is 11.4. The molecule has 0 spiro atoms. The molecule has 94 valence electrons. The van der Waals surface area contributed by atoms with Gasteiger partial charge in [-0.05, 0) is 18.8 Å². The first-order chi connectivity index (χ1) is 7.45. The van der Waals surface area contributed by atoms with Crippen LogP contribution in [0.2, 0.25) is 0 Å². The Morgan fingerprint density at radius 2 is 1.81 bits per heavy atom. The molecule has 16 heavy (non-hydrogen) atoms. The Kier molecular flexibility index (Phi) is 4.82. The number of piperidine rings is 1. The molecule has 1 rings (SSSR count). The first-order valence-electron chi connectivity index (χ1n) is 6.74. The summed E-state index contributed by atoms with van der Waals surface area (Å²) in [5.74, 6) is 1.19. The third-order valence-electron chi connectivity index (χ3n) is 3.51. The third kappa shape index (κ3) is 3.80. The summed E-state index contributed by atoms with van der Waals surface area (Å²) in [6.07, 6.45) is 6.41. The van der Waals surface area contributed by atoms with Crippen LogP contribution in [0.5, 0.6) is 0 Å². The first-order valence-corrected chi connectivity index (χ1v) is 6.74. The number of carbonyl (C=O) groups excluding carboxylic acids is 1. The number of amides is 1. The summed E-state index contributed by atoms with van der Waals surface area (Å²) in [5, 5.41) is 0. The van der Waals surface area contributed by atoms with Crippen LogP contribution < -0.4 is 0 Å². The fourth-order valence-corrected chi connectivity index (χ4v) is 2.39. The van der Waals surface area contributed by atoms with Gasteiger partial charge in [-0.25, -0.2) is 0 Å². The van der Waals surface area contributed by atoms with Crippen LogP contribution in [-0.2, 0) is 4.79 Å². The number of likely N-dealkylation sites (tertiary alicyclic amines) is 1. The predicted octanol–water partition coefficient (Wildman–Crippen LogP) is 3.46. The van der Waals surface area contributed by atoms with Crippen LogP contribution in [0, 0.1) is 11.3 Å². The molecule has 0 aromatic rings. The molecule has 0 N–H and O–H groups in total. The molecule has 1 fully saturated rings. The number of nitrogens with zero attached hydrogens (tertiary/aromatic N) is 1. The zero-order chi connectivity index (χ0) is 12.2. The van der Waals surface area contributed by atoms with Gasteiger partial charge in [-0.2, -0.15) is 0 Å². The normalized spacial score (nSPS) is 18.9. The molecule has 2 nitrogen and oxygen atoms in total. The Balaban J connectivity index is 2.34. The molecule has 1 saturated heterocycles. The summed E-state index contributed by atoms with van der Waals surface area (Å²) in [6.45, 7) is 10.2. The van der Waals surface area contributed by atoms with Crippen molar-refractivity contribution in [2.45, 2.75) is 59.8 Å². The Labute approximate surface area is 100 Å². The SMILES string of the molecule is CCCCC1CCN(C(=O)C(C)(C)C)CC1. The molecule has 0 bridgehead atoms. The number of hydrogen-bond donors (Lipinski definition) is 0. The van der Waals surface area contributed by atoms with Crippen LogP contribution in [0.15, 0.2) is 0 Å². The summed E-state index contributed by atoms with van der Waals surface area (Å²) < 4.78 is 0. The lowest BCUT2D eigenvalue weighted by Gasteiger charge is -2.35. The minimum atomic E-state index is -0.212. The van der Waals surface area contributed by atoms with Crippen molar-refractivity contribution in [1.29, 1.82) is 0 Å². The van der Waals surface area contributed by atoms with Gasteiger partial charge < -0.3 is 4.90 Å². The van der Waals surface area contributed by atoms with Crippen molar-refractivity contribution in [1.82, 2.24) is 4.90 Å². The Bertz CT molecular complexity index is 221. The van der Waals surface area contributed by atoms with E-state index in [1.54, 1.807) is 0 Å². The van der Waals surface area contributed by atoms with Gasteiger partial charge >= 0.3 is 0 Å². The minimum absolute atomic E-state index is 0.212. The second kappa shape index (κ2) is 5.70. The minimum Gasteiger partial charge on any atom is -0.342 e. The average Bonchev–Trinajstić information content (AvgIpc) is 2.25. The second-order valence-electron chi connectivity index (χ2n) is 6.13. The van der Waals surface area contributed by atoms with E-state index in [0.717, 1.165) is 19.0 Å². The van der Waals surface area contributed by atoms with E-state index in [9.17, 15) is 4.79 Å². The molecular formula is C14H27NO. The van der Waals surface area contributed by atoms with Crippen LogP contribution in [-0.4, -0.2) is 23.9 Å². The molecular weight excluding hydrogens is 198 g/mol. The third-order valence-corrected chi connectivity index (χ3v) is 3.51. The van der Waals surface area contributed by atoms with Crippen molar-refractivity contribution in [2.24, 2.45) is 11.3 Å². The maximum Gasteiger partial charge on any atom is 0.227 e. The molecule has 2 heteroatoms. The lowest BCUT2D eigenvalue weighted by atomic mass is 9.89. The lowest BCUT2D eigenvalue weighted by Crippen LogP contribution is -2.44. The van der Waals surface area contributed by atoms with Gasteiger partial charge in [-0.15, -0.1) is 0 Å². The van der Waals surface area contributed by atoms with Crippen LogP contribution in [0.25, 0.3) is 0 Å². The van der Waals surface area contributed by atoms with Crippen LogP contribution >= 0.6 is 0 Å². The van der Waals surface area contributed by atoms with Gasteiger partial charge in [0.2, 0.25) is 5.91 Å². The largest absolute Gasteiger partial charge is 0.342 e. The molecule has 1 heterocycles. The van der Waals surface area contributed by atoms with Crippen molar-refractivity contribution in [3.05, 3.63) is 0 Å². The van der Waals surface area contributed by atoms with E-state index in [-0.39, 0.29) is 5.41 Å². The maximum atomic E-state index is 12.1. The van der Waals surface area contributed by atoms with E-state index >= 15 is 0 Å². The summed E-state index contributed by atoms with van der Waals surface area (Å²) in [6, 6.07) is 0. The molecule has 0 aliphatic carbocycles. The van der Waals surface area contributed by atoms with Gasteiger partial charge in [0.05, 0.1) is 0 Å². The monoisotopic (exact) mass is 225 g/mol. The van der Waals surface area contributed by atoms with E-state index in [0.29, 0.717) is 5.91 Å². The molecule has 1 amide bonds. The zero-order valence-electron chi connectivity index (χ0n) is 11.4. The van der Waals surface area contributed by atoms with Gasteiger partial charge in [0, 0.05) is 18.5 Å². The fourth-order valence-electron chi connectivity index (χ4n) is 2.39. The molecule has 0 aromatic carbocycles. The van der Waals surface area contributed by atoms with Crippen molar-refractivity contribution in [3.8, 4) is 0 Å². The van der Waals surface area contributed by atoms with Gasteiger partial charge in [0.25, 0.3) is 0 Å². The van der Waals surface area contributed by atoms with Gasteiger partial charge in [0.1, 0.15) is 0 Å². The highest BCUT2D eigenvalue weighted by Gasteiger charge is 2.29. The Morgan fingerprint density at radius 1 is 1.25 bits per heavy atom. The van der Waals surface area contributed by atoms with Crippen LogP contribution in [0.1, 0.15) is 59.8 Å². The number of carbonyl (C=O) groups is 1. The highest BCUT2D eigenvalue weighted by molar-refractivity contribution is 5.81. The predicted molar refractivity (Wildman–Crippen MR) is 68.3 cm³/mol. The summed E-state index contributed by atoms with van der Waals surface area (Å²) in [4.78, 5) is 14.1. The maximum absolute atomic E-state index is 12.1. The standard InChI is InChI=1S/C14H27NO/c1-5-6-7-12-8-10-15(11-9-12)13(16)14(2,3)4/h12H,5-11H2,1-4H3. The summed E-state index contributed by atoms with van der Waals surface area (Å²) >= 11 is 0.